The van der Waals surface area contributed by atoms with Gasteiger partial charge in [-0.3, -0.25) is 0 Å². The average Bonchev–Trinajstić information content (AvgIpc) is 3.47. The van der Waals surface area contributed by atoms with Crippen molar-refractivity contribution in [3.63, 3.8) is 0 Å². The third-order valence-corrected chi connectivity index (χ3v) is 5.19. The summed E-state index contributed by atoms with van der Waals surface area (Å²) in [6, 6.07) is 12.3. The average molecular weight is 613 g/mol. The molecule has 8 nitrogen and oxygen atoms in total. The van der Waals surface area contributed by atoms with Gasteiger partial charge in [-0.1, -0.05) is 0 Å². The van der Waals surface area contributed by atoms with Crippen molar-refractivity contribution in [2.24, 2.45) is 0 Å². The monoisotopic (exact) mass is 612 g/mol. The number of nitrogens with one attached hydrogen (secondary N) is 2. The van der Waals surface area contributed by atoms with E-state index in [1.54, 1.807) is 17.5 Å². The fourth-order valence-corrected chi connectivity index (χ4v) is 3.34. The zero-order chi connectivity index (χ0) is 27.8. The van der Waals surface area contributed by atoms with Crippen molar-refractivity contribution >= 4 is 56.1 Å². The number of carbonyl (C=O) groups is 2. The van der Waals surface area contributed by atoms with Crippen LogP contribution in [-0.2, 0) is 16.1 Å². The number of H-pyrrole nitrogens is 1. The minimum atomic E-state index is -5.08. The van der Waals surface area contributed by atoms with Crippen molar-refractivity contribution in [1.29, 1.82) is 0 Å². The molecule has 198 valence electrons. The molecule has 4 rings (SSSR count). The van der Waals surface area contributed by atoms with Crippen LogP contribution in [0.1, 0.15) is 5.56 Å². The van der Waals surface area contributed by atoms with E-state index in [4.69, 9.17) is 19.8 Å². The van der Waals surface area contributed by atoms with Crippen LogP contribution in [0.2, 0.25) is 0 Å². The molecule has 0 amide bonds. The van der Waals surface area contributed by atoms with Gasteiger partial charge in [-0.05, 0) is 68.7 Å². The third kappa shape index (κ3) is 9.72. The Morgan fingerprint density at radius 3 is 2.05 bits per heavy atom. The molecule has 0 saturated heterocycles. The fraction of sp³-hybridized carbons (Fsp3) is 0.143. The van der Waals surface area contributed by atoms with E-state index in [2.05, 4.69) is 77.3 Å². The minimum absolute atomic E-state index is 0.794. The van der Waals surface area contributed by atoms with Gasteiger partial charge in [0.05, 0.1) is 0 Å². The molecule has 0 saturated carbocycles. The van der Waals surface area contributed by atoms with Crippen LogP contribution < -0.4 is 5.32 Å². The maximum absolute atomic E-state index is 10.6. The van der Waals surface area contributed by atoms with Crippen molar-refractivity contribution in [2.75, 3.05) is 5.32 Å². The van der Waals surface area contributed by atoms with Gasteiger partial charge in [-0.2, -0.15) is 37.7 Å². The van der Waals surface area contributed by atoms with Gasteiger partial charge in [-0.15, -0.1) is 0 Å². The summed E-state index contributed by atoms with van der Waals surface area (Å²) >= 11 is 5.13. The summed E-state index contributed by atoms with van der Waals surface area (Å²) < 4.78 is 64.4. The first-order chi connectivity index (χ1) is 17.2. The molecule has 0 aliphatic carbocycles. The Morgan fingerprint density at radius 1 is 1.00 bits per heavy atom. The van der Waals surface area contributed by atoms with E-state index >= 15 is 0 Å². The zero-order valence-corrected chi connectivity index (χ0v) is 20.5. The van der Waals surface area contributed by atoms with E-state index in [9.17, 15) is 26.3 Å². The third-order valence-electron chi connectivity index (χ3n) is 4.02. The number of aromatic amines is 1. The van der Waals surface area contributed by atoms with Crippen molar-refractivity contribution in [3.8, 4) is 11.4 Å². The van der Waals surface area contributed by atoms with Crippen LogP contribution >= 0.6 is 27.3 Å². The summed E-state index contributed by atoms with van der Waals surface area (Å²) in [5, 5.41) is 21.9. The lowest BCUT2D eigenvalue weighted by Gasteiger charge is -2.05. The maximum atomic E-state index is 10.6. The summed E-state index contributed by atoms with van der Waals surface area (Å²) in [5.74, 6) is -4.69. The Kier molecular flexibility index (Phi) is 10.0. The summed E-state index contributed by atoms with van der Waals surface area (Å²) in [6.07, 6.45) is -8.40. The van der Waals surface area contributed by atoms with Crippen LogP contribution in [-0.4, -0.2) is 49.5 Å². The minimum Gasteiger partial charge on any atom is -0.475 e. The van der Waals surface area contributed by atoms with Crippen LogP contribution in [0, 0.1) is 0 Å². The molecule has 0 spiro atoms. The van der Waals surface area contributed by atoms with Gasteiger partial charge >= 0.3 is 24.3 Å². The molecule has 4 N–H and O–H groups in total. The number of thiophene rings is 1. The number of nitrogens with zero attached hydrogens (tertiary/aromatic N) is 2. The first-order valence-corrected chi connectivity index (χ1v) is 11.4. The lowest BCUT2D eigenvalue weighted by atomic mass is 10.2. The van der Waals surface area contributed by atoms with E-state index < -0.39 is 24.3 Å². The molecule has 3 aromatic heterocycles. The topological polar surface area (TPSA) is 128 Å². The molecule has 0 fully saturated rings. The van der Waals surface area contributed by atoms with Crippen LogP contribution in [0.15, 0.2) is 57.8 Å². The van der Waals surface area contributed by atoms with Gasteiger partial charge in [0.25, 0.3) is 0 Å². The zero-order valence-electron chi connectivity index (χ0n) is 18.1. The number of carboxylic acid groups (broad SMARTS) is 2. The molecule has 37 heavy (non-hydrogen) atoms. The molecule has 16 heteroatoms. The molecule has 0 aliphatic heterocycles. The molecular weight excluding hydrogens is 598 g/mol. The quantitative estimate of drug-likeness (QED) is 0.198. The van der Waals surface area contributed by atoms with Gasteiger partial charge in [0.15, 0.2) is 5.65 Å². The van der Waals surface area contributed by atoms with Gasteiger partial charge < -0.3 is 20.5 Å². The van der Waals surface area contributed by atoms with E-state index in [0.717, 1.165) is 39.3 Å². The number of carboxylic acids is 2. The van der Waals surface area contributed by atoms with Crippen molar-refractivity contribution in [1.82, 2.24) is 15.0 Å². The number of halogens is 7. The molecule has 0 bridgehead atoms. The van der Waals surface area contributed by atoms with Gasteiger partial charge in [0.1, 0.15) is 11.3 Å². The summed E-state index contributed by atoms with van der Waals surface area (Å²) in [7, 11) is 0. The van der Waals surface area contributed by atoms with E-state index in [1.807, 2.05) is 6.07 Å². The summed E-state index contributed by atoms with van der Waals surface area (Å²) in [4.78, 5) is 30.0. The smallest absolute Gasteiger partial charge is 0.475 e. The number of anilines is 1. The van der Waals surface area contributed by atoms with E-state index in [1.165, 1.54) is 5.56 Å². The first kappa shape index (κ1) is 29.6. The number of hydrogen-bond donors (Lipinski definition) is 4. The second kappa shape index (κ2) is 12.5. The molecule has 4 aromatic rings. The predicted octanol–water partition coefficient (Wildman–Crippen LogP) is 6.33. The number of alkyl halides is 6. The molecule has 0 aliphatic rings. The van der Waals surface area contributed by atoms with Gasteiger partial charge in [0.2, 0.25) is 0 Å². The number of aliphatic carboxylic acids is 2. The number of benzene rings is 1. The molecule has 3 heterocycles. The van der Waals surface area contributed by atoms with Crippen molar-refractivity contribution in [3.05, 3.63) is 63.4 Å². The lowest BCUT2D eigenvalue weighted by Crippen LogP contribution is -2.21. The molecule has 0 radical (unpaired) electrons. The Balaban J connectivity index is 0.000000286. The van der Waals surface area contributed by atoms with Crippen LogP contribution in [0.5, 0.6) is 0 Å². The Hall–Kier alpha value is -3.66. The molecule has 1 aromatic carbocycles. The van der Waals surface area contributed by atoms with Crippen molar-refractivity contribution < 1.29 is 46.1 Å². The Morgan fingerprint density at radius 2 is 1.57 bits per heavy atom. The van der Waals surface area contributed by atoms with Crippen LogP contribution in [0.3, 0.4) is 0 Å². The van der Waals surface area contributed by atoms with Crippen molar-refractivity contribution in [2.45, 2.75) is 18.9 Å². The molecule has 0 unspecified atom stereocenters. The Labute approximate surface area is 216 Å². The number of imidazole rings is 1. The van der Waals surface area contributed by atoms with E-state index in [0.29, 0.717) is 0 Å². The number of aromatic nitrogens is 3. The van der Waals surface area contributed by atoms with Gasteiger partial charge in [0, 0.05) is 28.5 Å². The largest absolute Gasteiger partial charge is 0.490 e. The first-order valence-electron chi connectivity index (χ1n) is 9.63. The molecule has 0 atom stereocenters. The number of fused-ring (bicyclic) bond motifs is 1. The Bertz CT molecular complexity index is 1300. The second-order valence-electron chi connectivity index (χ2n) is 6.78. The van der Waals surface area contributed by atoms with E-state index in [-0.39, 0.29) is 0 Å². The number of hydrogen-bond acceptors (Lipinski definition) is 6. The lowest BCUT2D eigenvalue weighted by molar-refractivity contribution is -0.193. The highest BCUT2D eigenvalue weighted by Crippen LogP contribution is 2.23. The standard InChI is InChI=1S/C17H13BrN4S.2C2HF3O2/c18-13-7-15-17(20-9-13)22-16(21-15)12-1-3-14(4-2-12)19-8-11-5-6-23-10-11;2*3-2(4,5)1(6)7/h1-7,9-10,19H,8H2,(H,20,21,22);2*(H,6,7). The van der Waals surface area contributed by atoms with Gasteiger partial charge in [-0.25, -0.2) is 19.6 Å². The fourth-order valence-electron chi connectivity index (χ4n) is 2.35. The highest BCUT2D eigenvalue weighted by molar-refractivity contribution is 9.10. The van der Waals surface area contributed by atoms with Crippen LogP contribution in [0.4, 0.5) is 32.0 Å². The number of rotatable bonds is 4. The van der Waals surface area contributed by atoms with Crippen LogP contribution in [0.25, 0.3) is 22.6 Å². The summed E-state index contributed by atoms with van der Waals surface area (Å²) in [6.45, 7) is 0.839. The number of pyridine rings is 1. The maximum Gasteiger partial charge on any atom is 0.490 e. The SMILES string of the molecule is Brc1cnc2[nH]c(-c3ccc(NCc4ccsc4)cc3)nc2c1.O=C(O)C(F)(F)F.O=C(O)C(F)(F)F. The second-order valence-corrected chi connectivity index (χ2v) is 8.47. The molecular formula is C21H15BrF6N4O4S. The highest BCUT2D eigenvalue weighted by Gasteiger charge is 2.38. The highest BCUT2D eigenvalue weighted by atomic mass is 79.9. The summed E-state index contributed by atoms with van der Waals surface area (Å²) in [5.41, 5.74) is 5.09. The predicted molar refractivity (Wildman–Crippen MR) is 126 cm³/mol. The normalized spacial score (nSPS) is 11.1.